The quantitative estimate of drug-likeness (QED) is 0.244. The van der Waals surface area contributed by atoms with Crippen molar-refractivity contribution in [2.45, 2.75) is 37.9 Å². The van der Waals surface area contributed by atoms with E-state index in [9.17, 15) is 30.4 Å². The van der Waals surface area contributed by atoms with Gasteiger partial charge >= 0.3 is 0 Å². The lowest BCUT2D eigenvalue weighted by Gasteiger charge is -2.24. The van der Waals surface area contributed by atoms with Gasteiger partial charge in [0.1, 0.15) is 18.7 Å². The summed E-state index contributed by atoms with van der Waals surface area (Å²) >= 11 is 0. The number of nitrogens with zero attached hydrogens (tertiary/aromatic N) is 7. The fraction of sp³-hybridized carbons (Fsp3) is 0.292. The fourth-order valence-corrected chi connectivity index (χ4v) is 4.59. The molecule has 14 nitrogen and oxygen atoms in total. The molecule has 1 saturated heterocycles. The van der Waals surface area contributed by atoms with Crippen LogP contribution in [-0.2, 0) is 17.8 Å². The van der Waals surface area contributed by atoms with Crippen molar-refractivity contribution in [2.75, 3.05) is 11.5 Å². The molecule has 1 aliphatic heterocycles. The minimum atomic E-state index is -0.863. The van der Waals surface area contributed by atoms with Crippen molar-refractivity contribution in [3.8, 4) is 0 Å². The molecule has 1 unspecified atom stereocenters. The predicted molar refractivity (Wildman–Crippen MR) is 133 cm³/mol. The number of aliphatic hydroxyl groups is 2. The van der Waals surface area contributed by atoms with Gasteiger partial charge in [0.2, 0.25) is 0 Å². The first-order chi connectivity index (χ1) is 18.4. The SMILES string of the molecule is O=[N+]([O-])c1ccccc1CN(Cc1ccccc1[N+](=O)[O-])c1ncnc2c1ncn2[C@H]1CC(O)[C@@H](CO)O1. The van der Waals surface area contributed by atoms with Gasteiger partial charge in [-0.25, -0.2) is 15.0 Å². The molecule has 0 bridgehead atoms. The van der Waals surface area contributed by atoms with E-state index in [4.69, 9.17) is 4.74 Å². The van der Waals surface area contributed by atoms with E-state index >= 15 is 0 Å². The standard InChI is InChI=1S/C24H23N7O7/c32-12-20-19(33)9-21(38-20)29-14-27-22-23(25-13-26-24(22)29)28(10-15-5-1-3-7-17(15)30(34)35)11-16-6-2-4-8-18(16)31(36)37/h1-8,13-14,19-21,32-33H,9-12H2/t19?,20-,21-/m1/s1. The maximum atomic E-state index is 11.7. The highest BCUT2D eigenvalue weighted by Crippen LogP contribution is 2.34. The van der Waals surface area contributed by atoms with Crippen LogP contribution in [0.25, 0.3) is 11.2 Å². The first-order valence-electron chi connectivity index (χ1n) is 11.7. The smallest absolute Gasteiger partial charge is 0.274 e. The van der Waals surface area contributed by atoms with Crippen LogP contribution < -0.4 is 4.90 Å². The lowest BCUT2D eigenvalue weighted by atomic mass is 10.1. The van der Waals surface area contributed by atoms with E-state index in [-0.39, 0.29) is 37.5 Å². The molecule has 2 aromatic heterocycles. The molecule has 0 saturated carbocycles. The van der Waals surface area contributed by atoms with E-state index < -0.39 is 28.3 Å². The van der Waals surface area contributed by atoms with Gasteiger partial charge in [0.25, 0.3) is 11.4 Å². The predicted octanol–water partition coefficient (Wildman–Crippen LogP) is 2.49. The zero-order valence-corrected chi connectivity index (χ0v) is 19.9. The zero-order valence-electron chi connectivity index (χ0n) is 19.9. The van der Waals surface area contributed by atoms with Gasteiger partial charge in [-0.05, 0) is 0 Å². The number of anilines is 1. The second kappa shape index (κ2) is 10.5. The van der Waals surface area contributed by atoms with Crippen LogP contribution in [0.15, 0.2) is 61.2 Å². The molecular formula is C24H23N7O7. The maximum Gasteiger partial charge on any atom is 0.274 e. The Morgan fingerprint density at radius 1 is 0.974 bits per heavy atom. The normalized spacial score (nSPS) is 19.1. The molecule has 0 radical (unpaired) electrons. The number of nitro groups is 2. The van der Waals surface area contributed by atoms with Gasteiger partial charge in [0.15, 0.2) is 17.0 Å². The number of hydrogen-bond acceptors (Lipinski definition) is 11. The van der Waals surface area contributed by atoms with Crippen molar-refractivity contribution in [3.05, 3.63) is 92.5 Å². The van der Waals surface area contributed by atoms with Crippen molar-refractivity contribution in [1.82, 2.24) is 19.5 Å². The van der Waals surface area contributed by atoms with E-state index in [0.29, 0.717) is 28.1 Å². The number of hydrogen-bond donors (Lipinski definition) is 2. The molecule has 5 rings (SSSR count). The van der Waals surface area contributed by atoms with Gasteiger partial charge in [0.05, 0.1) is 42.0 Å². The van der Waals surface area contributed by atoms with E-state index in [0.717, 1.165) is 0 Å². The van der Waals surface area contributed by atoms with Crippen LogP contribution in [0.4, 0.5) is 17.2 Å². The van der Waals surface area contributed by atoms with Gasteiger partial charge in [-0.1, -0.05) is 36.4 Å². The molecule has 3 heterocycles. The molecule has 1 fully saturated rings. The molecule has 4 aromatic rings. The molecule has 1 aliphatic rings. The number of para-hydroxylation sites is 2. The van der Waals surface area contributed by atoms with Crippen LogP contribution in [-0.4, -0.2) is 58.4 Å². The first kappa shape index (κ1) is 25.1. The van der Waals surface area contributed by atoms with Crippen LogP contribution in [0, 0.1) is 20.2 Å². The fourth-order valence-electron chi connectivity index (χ4n) is 4.59. The van der Waals surface area contributed by atoms with Crippen molar-refractivity contribution in [1.29, 1.82) is 0 Å². The van der Waals surface area contributed by atoms with Crippen LogP contribution in [0.5, 0.6) is 0 Å². The number of ether oxygens (including phenoxy) is 1. The Morgan fingerprint density at radius 3 is 2.13 bits per heavy atom. The highest BCUT2D eigenvalue weighted by atomic mass is 16.6. The minimum absolute atomic E-state index is 0.00735. The van der Waals surface area contributed by atoms with E-state index in [2.05, 4.69) is 15.0 Å². The largest absolute Gasteiger partial charge is 0.394 e. The van der Waals surface area contributed by atoms with Gasteiger partial charge in [-0.2, -0.15) is 0 Å². The number of rotatable bonds is 9. The summed E-state index contributed by atoms with van der Waals surface area (Å²) in [5.74, 6) is 0.308. The van der Waals surface area contributed by atoms with Crippen molar-refractivity contribution >= 4 is 28.4 Å². The van der Waals surface area contributed by atoms with E-state index in [1.807, 2.05) is 0 Å². The molecule has 14 heteroatoms. The Bertz CT molecular complexity index is 1430. The Balaban J connectivity index is 1.59. The molecule has 2 aromatic carbocycles. The summed E-state index contributed by atoms with van der Waals surface area (Å²) in [7, 11) is 0. The molecule has 0 aliphatic carbocycles. The van der Waals surface area contributed by atoms with Crippen molar-refractivity contribution in [2.24, 2.45) is 0 Å². The highest BCUT2D eigenvalue weighted by molar-refractivity contribution is 5.83. The second-order valence-corrected chi connectivity index (χ2v) is 8.76. The second-order valence-electron chi connectivity index (χ2n) is 8.76. The average Bonchev–Trinajstić information content (AvgIpc) is 3.51. The van der Waals surface area contributed by atoms with Gasteiger partial charge in [0, 0.05) is 29.7 Å². The molecule has 196 valence electrons. The Morgan fingerprint density at radius 2 is 1.58 bits per heavy atom. The lowest BCUT2D eigenvalue weighted by molar-refractivity contribution is -0.385. The Labute approximate surface area is 215 Å². The molecule has 38 heavy (non-hydrogen) atoms. The summed E-state index contributed by atoms with van der Waals surface area (Å²) in [5, 5.41) is 43.0. The average molecular weight is 521 g/mol. The monoisotopic (exact) mass is 521 g/mol. The number of aromatic nitrogens is 4. The van der Waals surface area contributed by atoms with Crippen LogP contribution in [0.3, 0.4) is 0 Å². The highest BCUT2D eigenvalue weighted by Gasteiger charge is 2.35. The number of fused-ring (bicyclic) bond motifs is 1. The number of aliphatic hydroxyl groups excluding tert-OH is 2. The summed E-state index contributed by atoms with van der Waals surface area (Å²) in [6.45, 7) is -0.329. The molecule has 3 atom stereocenters. The maximum absolute atomic E-state index is 11.7. The topological polar surface area (TPSA) is 183 Å². The Kier molecular flexibility index (Phi) is 6.91. The summed E-state index contributed by atoms with van der Waals surface area (Å²) in [6.07, 6.45) is 0.760. The van der Waals surface area contributed by atoms with E-state index in [1.54, 1.807) is 45.9 Å². The van der Waals surface area contributed by atoms with Gasteiger partial charge in [-0.3, -0.25) is 24.8 Å². The molecule has 2 N–H and O–H groups in total. The number of nitro benzene ring substituents is 2. The molecule has 0 amide bonds. The molecular weight excluding hydrogens is 498 g/mol. The zero-order chi connectivity index (χ0) is 26.8. The number of benzene rings is 2. The number of imidazole rings is 1. The van der Waals surface area contributed by atoms with Crippen molar-refractivity contribution in [3.63, 3.8) is 0 Å². The lowest BCUT2D eigenvalue weighted by Crippen LogP contribution is -2.25. The van der Waals surface area contributed by atoms with Crippen LogP contribution in [0.2, 0.25) is 0 Å². The minimum Gasteiger partial charge on any atom is -0.394 e. The van der Waals surface area contributed by atoms with Crippen molar-refractivity contribution < 1.29 is 24.8 Å². The van der Waals surface area contributed by atoms with Gasteiger partial charge in [-0.15, -0.1) is 0 Å². The van der Waals surface area contributed by atoms with Crippen LogP contribution >= 0.6 is 0 Å². The summed E-state index contributed by atoms with van der Waals surface area (Å²) < 4.78 is 7.37. The third kappa shape index (κ3) is 4.74. The van der Waals surface area contributed by atoms with Gasteiger partial charge < -0.3 is 19.8 Å². The van der Waals surface area contributed by atoms with E-state index in [1.165, 1.54) is 24.8 Å². The third-order valence-corrected chi connectivity index (χ3v) is 6.43. The van der Waals surface area contributed by atoms with Crippen LogP contribution in [0.1, 0.15) is 23.8 Å². The summed E-state index contributed by atoms with van der Waals surface area (Å²) in [5.41, 5.74) is 1.29. The summed E-state index contributed by atoms with van der Waals surface area (Å²) in [6, 6.07) is 12.5. The molecule has 0 spiro atoms. The summed E-state index contributed by atoms with van der Waals surface area (Å²) in [4.78, 5) is 37.3. The Hall–Kier alpha value is -4.53. The third-order valence-electron chi connectivity index (χ3n) is 6.43. The first-order valence-corrected chi connectivity index (χ1v) is 11.7.